The van der Waals surface area contributed by atoms with Crippen molar-refractivity contribution in [1.82, 2.24) is 19.9 Å². The van der Waals surface area contributed by atoms with E-state index >= 15 is 0 Å². The van der Waals surface area contributed by atoms with Crippen LogP contribution in [0.5, 0.6) is 5.88 Å². The smallest absolute Gasteiger partial charge is 0.225 e. The second-order valence-corrected chi connectivity index (χ2v) is 6.53. The van der Waals surface area contributed by atoms with E-state index in [1.807, 2.05) is 40.0 Å². The summed E-state index contributed by atoms with van der Waals surface area (Å²) in [5.41, 5.74) is 3.03. The first-order chi connectivity index (χ1) is 11.5. The van der Waals surface area contributed by atoms with Crippen molar-refractivity contribution in [2.45, 2.75) is 40.5 Å². The summed E-state index contributed by atoms with van der Waals surface area (Å²) in [6, 6.07) is 1.93. The largest absolute Gasteiger partial charge is 0.477 e. The lowest BCUT2D eigenvalue weighted by atomic mass is 9.98. The first kappa shape index (κ1) is 16.6. The fraction of sp³-hybridized carbons (Fsp3) is 0.556. The number of aryl methyl sites for hydroxylation is 3. The second-order valence-electron chi connectivity index (χ2n) is 6.53. The van der Waals surface area contributed by atoms with E-state index < -0.39 is 0 Å². The fourth-order valence-corrected chi connectivity index (χ4v) is 2.96. The minimum Gasteiger partial charge on any atom is -0.477 e. The van der Waals surface area contributed by atoms with Gasteiger partial charge in [0.1, 0.15) is 5.82 Å². The van der Waals surface area contributed by atoms with Crippen LogP contribution in [0.25, 0.3) is 0 Å². The number of hydrogen-bond donors (Lipinski definition) is 0. The predicted molar refractivity (Wildman–Crippen MR) is 93.4 cm³/mol. The van der Waals surface area contributed by atoms with E-state index in [4.69, 9.17) is 4.74 Å². The topological polar surface area (TPSA) is 64.0 Å². The molecule has 1 aliphatic heterocycles. The van der Waals surface area contributed by atoms with Crippen molar-refractivity contribution in [3.8, 4) is 5.88 Å². The Hall–Kier alpha value is -2.24. The Labute approximate surface area is 143 Å². The van der Waals surface area contributed by atoms with Crippen molar-refractivity contribution in [1.29, 1.82) is 0 Å². The number of nitrogens with zero attached hydrogens (tertiary/aromatic N) is 5. The van der Waals surface area contributed by atoms with Gasteiger partial charge in [0.05, 0.1) is 6.61 Å². The first-order valence-electron chi connectivity index (χ1n) is 8.52. The summed E-state index contributed by atoms with van der Waals surface area (Å²) in [6.07, 6.45) is 3.99. The van der Waals surface area contributed by atoms with Crippen LogP contribution in [-0.4, -0.2) is 39.6 Å². The zero-order valence-corrected chi connectivity index (χ0v) is 14.9. The molecule has 3 heterocycles. The van der Waals surface area contributed by atoms with Gasteiger partial charge < -0.3 is 9.64 Å². The van der Waals surface area contributed by atoms with Gasteiger partial charge in [-0.05, 0) is 52.5 Å². The molecule has 0 N–H and O–H groups in total. The molecule has 128 valence electrons. The van der Waals surface area contributed by atoms with E-state index in [-0.39, 0.29) is 0 Å². The third-order valence-electron chi connectivity index (χ3n) is 4.59. The lowest BCUT2D eigenvalue weighted by Gasteiger charge is -2.31. The number of piperidine rings is 1. The third kappa shape index (κ3) is 3.80. The summed E-state index contributed by atoms with van der Waals surface area (Å²) >= 11 is 0. The highest BCUT2D eigenvalue weighted by atomic mass is 16.5. The zero-order valence-electron chi connectivity index (χ0n) is 14.9. The molecule has 0 spiro atoms. The van der Waals surface area contributed by atoms with Gasteiger partial charge in [-0.2, -0.15) is 4.98 Å². The molecule has 0 aliphatic carbocycles. The molecule has 0 unspecified atom stereocenters. The summed E-state index contributed by atoms with van der Waals surface area (Å²) in [5.74, 6) is 2.87. The minimum absolute atomic E-state index is 0.543. The molecule has 24 heavy (non-hydrogen) atoms. The van der Waals surface area contributed by atoms with Gasteiger partial charge in [-0.3, -0.25) is 0 Å². The summed E-state index contributed by atoms with van der Waals surface area (Å²) in [4.78, 5) is 19.9. The maximum atomic E-state index is 6.00. The fourth-order valence-electron chi connectivity index (χ4n) is 2.96. The van der Waals surface area contributed by atoms with E-state index in [1.165, 1.54) is 0 Å². The Morgan fingerprint density at radius 3 is 2.54 bits per heavy atom. The standard InChI is InChI=1S/C18H25N5O/c1-12-5-8-19-18(20-12)23-9-6-16(7-10-23)11-24-17-13(2)14(3)21-15(4)22-17/h5,8,16H,6-7,9-11H2,1-4H3. The molecule has 6 heteroatoms. The number of ether oxygens (including phenoxy) is 1. The Kier molecular flexibility index (Phi) is 4.92. The molecule has 2 aromatic rings. The van der Waals surface area contributed by atoms with Crippen LogP contribution in [0.4, 0.5) is 5.95 Å². The molecule has 0 aromatic carbocycles. The first-order valence-corrected chi connectivity index (χ1v) is 8.52. The van der Waals surface area contributed by atoms with Crippen LogP contribution in [0.1, 0.15) is 35.6 Å². The monoisotopic (exact) mass is 327 g/mol. The van der Waals surface area contributed by atoms with Gasteiger partial charge >= 0.3 is 0 Å². The van der Waals surface area contributed by atoms with Crippen LogP contribution in [-0.2, 0) is 0 Å². The van der Waals surface area contributed by atoms with E-state index in [9.17, 15) is 0 Å². The summed E-state index contributed by atoms with van der Waals surface area (Å²) < 4.78 is 6.00. The lowest BCUT2D eigenvalue weighted by molar-refractivity contribution is 0.213. The SMILES string of the molecule is Cc1ccnc(N2CCC(COc3nc(C)nc(C)c3C)CC2)n1. The van der Waals surface area contributed by atoms with Gasteiger partial charge in [-0.25, -0.2) is 15.0 Å². The van der Waals surface area contributed by atoms with E-state index in [0.717, 1.165) is 60.5 Å². The van der Waals surface area contributed by atoms with Crippen LogP contribution in [0.15, 0.2) is 12.3 Å². The molecule has 0 saturated carbocycles. The second kappa shape index (κ2) is 7.11. The number of rotatable bonds is 4. The highest BCUT2D eigenvalue weighted by molar-refractivity contribution is 5.31. The van der Waals surface area contributed by atoms with Crippen molar-refractivity contribution in [3.63, 3.8) is 0 Å². The highest BCUT2D eigenvalue weighted by Crippen LogP contribution is 2.23. The van der Waals surface area contributed by atoms with Crippen LogP contribution in [0.3, 0.4) is 0 Å². The molecule has 1 aliphatic rings. The van der Waals surface area contributed by atoms with Gasteiger partial charge in [0.2, 0.25) is 11.8 Å². The lowest BCUT2D eigenvalue weighted by Crippen LogP contribution is -2.36. The summed E-state index contributed by atoms with van der Waals surface area (Å²) in [6.45, 7) is 10.6. The Balaban J connectivity index is 1.54. The molecule has 0 radical (unpaired) electrons. The quantitative estimate of drug-likeness (QED) is 0.860. The molecule has 1 saturated heterocycles. The normalized spacial score (nSPS) is 15.6. The summed E-state index contributed by atoms with van der Waals surface area (Å²) in [5, 5.41) is 0. The van der Waals surface area contributed by atoms with E-state index in [1.54, 1.807) is 0 Å². The Morgan fingerprint density at radius 1 is 1.08 bits per heavy atom. The van der Waals surface area contributed by atoms with Crippen molar-refractivity contribution >= 4 is 5.95 Å². The van der Waals surface area contributed by atoms with Gasteiger partial charge in [0, 0.05) is 36.2 Å². The zero-order chi connectivity index (χ0) is 17.1. The van der Waals surface area contributed by atoms with Gasteiger partial charge in [0.15, 0.2) is 0 Å². The molecular weight excluding hydrogens is 302 g/mol. The highest BCUT2D eigenvalue weighted by Gasteiger charge is 2.22. The summed E-state index contributed by atoms with van der Waals surface area (Å²) in [7, 11) is 0. The van der Waals surface area contributed by atoms with Crippen LogP contribution in [0.2, 0.25) is 0 Å². The molecule has 1 fully saturated rings. The maximum Gasteiger partial charge on any atom is 0.225 e. The molecule has 0 amide bonds. The van der Waals surface area contributed by atoms with E-state index in [0.29, 0.717) is 12.5 Å². The number of anilines is 1. The molecule has 3 rings (SSSR count). The van der Waals surface area contributed by atoms with Crippen molar-refractivity contribution in [2.24, 2.45) is 5.92 Å². The van der Waals surface area contributed by atoms with Crippen molar-refractivity contribution in [2.75, 3.05) is 24.6 Å². The number of hydrogen-bond acceptors (Lipinski definition) is 6. The molecule has 2 aromatic heterocycles. The molecule has 0 atom stereocenters. The Morgan fingerprint density at radius 2 is 1.83 bits per heavy atom. The van der Waals surface area contributed by atoms with Gasteiger partial charge in [-0.15, -0.1) is 0 Å². The van der Waals surface area contributed by atoms with Crippen LogP contribution < -0.4 is 9.64 Å². The minimum atomic E-state index is 0.543. The molecular formula is C18H25N5O. The van der Waals surface area contributed by atoms with Gasteiger partial charge in [0.25, 0.3) is 0 Å². The Bertz CT molecular complexity index is 711. The van der Waals surface area contributed by atoms with E-state index in [2.05, 4.69) is 24.8 Å². The third-order valence-corrected chi connectivity index (χ3v) is 4.59. The van der Waals surface area contributed by atoms with Gasteiger partial charge in [-0.1, -0.05) is 0 Å². The van der Waals surface area contributed by atoms with Crippen molar-refractivity contribution in [3.05, 3.63) is 35.0 Å². The molecule has 6 nitrogen and oxygen atoms in total. The molecule has 0 bridgehead atoms. The van der Waals surface area contributed by atoms with Crippen molar-refractivity contribution < 1.29 is 4.74 Å². The van der Waals surface area contributed by atoms with Crippen LogP contribution >= 0.6 is 0 Å². The predicted octanol–water partition coefficient (Wildman–Crippen LogP) is 2.80. The average molecular weight is 327 g/mol. The average Bonchev–Trinajstić information content (AvgIpc) is 2.57. The van der Waals surface area contributed by atoms with Crippen LogP contribution in [0, 0.1) is 33.6 Å². The number of aromatic nitrogens is 4. The maximum absolute atomic E-state index is 6.00.